The van der Waals surface area contributed by atoms with Gasteiger partial charge in [0.2, 0.25) is 0 Å². The highest BCUT2D eigenvalue weighted by Crippen LogP contribution is 2.29. The predicted octanol–water partition coefficient (Wildman–Crippen LogP) is 6.44. The second kappa shape index (κ2) is 8.79. The molecule has 0 unspecified atom stereocenters. The molecule has 1 fully saturated rings. The fourth-order valence-electron chi connectivity index (χ4n) is 3.73. The number of halogens is 1. The lowest BCUT2D eigenvalue weighted by Crippen LogP contribution is -2.18. The molecular weight excluding hydrogens is 458 g/mol. The number of hydrogen-bond donors (Lipinski definition) is 2. The molecular formula is C23H22BrN5S. The van der Waals surface area contributed by atoms with Crippen LogP contribution >= 0.6 is 27.9 Å². The summed E-state index contributed by atoms with van der Waals surface area (Å²) < 4.78 is 6.28. The Morgan fingerprint density at radius 2 is 1.77 bits per heavy atom. The Hall–Kier alpha value is -2.35. The topological polar surface area (TPSA) is 54.2 Å². The quantitative estimate of drug-likeness (QED) is 0.311. The molecule has 0 saturated heterocycles. The number of fused-ring (bicyclic) bond motifs is 1. The number of nitrogens with zero attached hydrogens (tertiary/aromatic N) is 3. The van der Waals surface area contributed by atoms with Crippen molar-refractivity contribution in [1.82, 2.24) is 19.3 Å². The Balaban J connectivity index is 1.39. The van der Waals surface area contributed by atoms with Gasteiger partial charge in [0.05, 0.1) is 16.4 Å². The highest BCUT2D eigenvalue weighted by molar-refractivity contribution is 9.10. The van der Waals surface area contributed by atoms with Crippen molar-refractivity contribution in [3.8, 4) is 11.3 Å². The van der Waals surface area contributed by atoms with E-state index >= 15 is 0 Å². The first-order chi connectivity index (χ1) is 14.8. The van der Waals surface area contributed by atoms with Crippen LogP contribution < -0.4 is 10.0 Å². The zero-order valence-corrected chi connectivity index (χ0v) is 18.8. The highest BCUT2D eigenvalue weighted by atomic mass is 79.9. The molecule has 0 amide bonds. The predicted molar refractivity (Wildman–Crippen MR) is 127 cm³/mol. The van der Waals surface area contributed by atoms with E-state index in [4.69, 9.17) is 4.98 Å². The van der Waals surface area contributed by atoms with Crippen molar-refractivity contribution in [1.29, 1.82) is 0 Å². The van der Waals surface area contributed by atoms with Gasteiger partial charge in [-0.25, -0.2) is 4.98 Å². The molecule has 5 nitrogen and oxygen atoms in total. The monoisotopic (exact) mass is 479 g/mol. The van der Waals surface area contributed by atoms with Crippen molar-refractivity contribution in [3.05, 3.63) is 71.3 Å². The zero-order valence-electron chi connectivity index (χ0n) is 16.4. The Kier molecular flexibility index (Phi) is 5.75. The summed E-state index contributed by atoms with van der Waals surface area (Å²) in [4.78, 5) is 6.01. The summed E-state index contributed by atoms with van der Waals surface area (Å²) in [6.45, 7) is 0. The van der Waals surface area contributed by atoms with Crippen molar-refractivity contribution in [2.75, 3.05) is 5.32 Å². The van der Waals surface area contributed by atoms with Crippen LogP contribution in [0.2, 0.25) is 0 Å². The van der Waals surface area contributed by atoms with Crippen LogP contribution in [0.5, 0.6) is 0 Å². The van der Waals surface area contributed by atoms with Crippen LogP contribution in [0.1, 0.15) is 25.7 Å². The molecule has 152 valence electrons. The number of nitrogens with one attached hydrogen (secondary N) is 2. The minimum absolute atomic E-state index is 0.646. The Morgan fingerprint density at radius 1 is 1.00 bits per heavy atom. The van der Waals surface area contributed by atoms with E-state index in [1.54, 1.807) is 18.1 Å². The summed E-state index contributed by atoms with van der Waals surface area (Å²) in [5.74, 6) is 0.869. The summed E-state index contributed by atoms with van der Waals surface area (Å²) in [6.07, 6.45) is 7.03. The molecule has 30 heavy (non-hydrogen) atoms. The van der Waals surface area contributed by atoms with Crippen LogP contribution in [0.15, 0.2) is 76.2 Å². The first-order valence-electron chi connectivity index (χ1n) is 10.2. The molecule has 7 heteroatoms. The van der Waals surface area contributed by atoms with Crippen LogP contribution in [-0.4, -0.2) is 20.6 Å². The molecule has 1 aliphatic carbocycles. The molecule has 2 aromatic carbocycles. The zero-order chi connectivity index (χ0) is 20.3. The average molecular weight is 480 g/mol. The summed E-state index contributed by atoms with van der Waals surface area (Å²) in [6, 6.07) is 21.4. The largest absolute Gasteiger partial charge is 0.340 e. The van der Waals surface area contributed by atoms with E-state index < -0.39 is 0 Å². The third kappa shape index (κ3) is 4.24. The Labute approximate surface area is 188 Å². The molecule has 1 saturated carbocycles. The SMILES string of the molecule is Brc1cnn2c(Nc3ccc(SNC4CCCC4)cc3)cc(-c3ccccc3)nc12. The minimum atomic E-state index is 0.646. The van der Waals surface area contributed by atoms with Gasteiger partial charge in [0.15, 0.2) is 5.65 Å². The van der Waals surface area contributed by atoms with Gasteiger partial charge in [0, 0.05) is 28.3 Å². The van der Waals surface area contributed by atoms with Crippen LogP contribution in [0, 0.1) is 0 Å². The first-order valence-corrected chi connectivity index (χ1v) is 11.8. The van der Waals surface area contributed by atoms with Gasteiger partial charge in [-0.3, -0.25) is 4.72 Å². The van der Waals surface area contributed by atoms with Crippen molar-refractivity contribution in [3.63, 3.8) is 0 Å². The lowest BCUT2D eigenvalue weighted by molar-refractivity contribution is 0.657. The molecule has 0 radical (unpaired) electrons. The van der Waals surface area contributed by atoms with Crippen molar-refractivity contribution < 1.29 is 0 Å². The summed E-state index contributed by atoms with van der Waals surface area (Å²) in [5.41, 5.74) is 3.77. The second-order valence-electron chi connectivity index (χ2n) is 7.47. The molecule has 1 aliphatic rings. The molecule has 0 bridgehead atoms. The molecule has 2 N–H and O–H groups in total. The van der Waals surface area contributed by atoms with E-state index in [-0.39, 0.29) is 0 Å². The van der Waals surface area contributed by atoms with Gasteiger partial charge in [-0.15, -0.1) is 0 Å². The normalized spacial score (nSPS) is 14.4. The van der Waals surface area contributed by atoms with Gasteiger partial charge in [0.1, 0.15) is 5.82 Å². The van der Waals surface area contributed by atoms with Gasteiger partial charge < -0.3 is 5.32 Å². The van der Waals surface area contributed by atoms with Crippen LogP contribution in [0.25, 0.3) is 16.9 Å². The number of hydrogen-bond acceptors (Lipinski definition) is 5. The van der Waals surface area contributed by atoms with E-state index in [0.29, 0.717) is 6.04 Å². The third-order valence-corrected chi connectivity index (χ3v) is 6.84. The molecule has 2 heterocycles. The second-order valence-corrected chi connectivity index (χ2v) is 9.24. The van der Waals surface area contributed by atoms with E-state index in [9.17, 15) is 0 Å². The average Bonchev–Trinajstić information content (AvgIpc) is 3.44. The van der Waals surface area contributed by atoms with Gasteiger partial charge >= 0.3 is 0 Å². The smallest absolute Gasteiger partial charge is 0.172 e. The lowest BCUT2D eigenvalue weighted by Gasteiger charge is -2.13. The van der Waals surface area contributed by atoms with Gasteiger partial charge in [-0.05, 0) is 65.0 Å². The summed E-state index contributed by atoms with van der Waals surface area (Å²) >= 11 is 5.29. The maximum absolute atomic E-state index is 4.79. The lowest BCUT2D eigenvalue weighted by atomic mass is 10.1. The number of rotatable bonds is 6. The summed E-state index contributed by atoms with van der Waals surface area (Å²) in [5, 5.41) is 7.98. The molecule has 0 aliphatic heterocycles. The molecule has 0 spiro atoms. The van der Waals surface area contributed by atoms with Crippen LogP contribution in [-0.2, 0) is 0 Å². The van der Waals surface area contributed by atoms with Gasteiger partial charge in [-0.1, -0.05) is 43.2 Å². The fourth-order valence-corrected chi connectivity index (χ4v) is 4.89. The Bertz CT molecular complexity index is 1140. The van der Waals surface area contributed by atoms with Crippen LogP contribution in [0.4, 0.5) is 11.5 Å². The van der Waals surface area contributed by atoms with E-state index in [2.05, 4.69) is 67.5 Å². The van der Waals surface area contributed by atoms with Gasteiger partial charge in [0.25, 0.3) is 0 Å². The van der Waals surface area contributed by atoms with Gasteiger partial charge in [-0.2, -0.15) is 9.61 Å². The van der Waals surface area contributed by atoms with E-state index in [1.165, 1.54) is 30.6 Å². The third-order valence-electron chi connectivity index (χ3n) is 5.32. The van der Waals surface area contributed by atoms with E-state index in [1.807, 2.05) is 28.8 Å². The van der Waals surface area contributed by atoms with Crippen molar-refractivity contribution in [2.24, 2.45) is 0 Å². The van der Waals surface area contributed by atoms with Crippen molar-refractivity contribution >= 4 is 45.0 Å². The van der Waals surface area contributed by atoms with E-state index in [0.717, 1.165) is 32.9 Å². The standard InChI is InChI=1S/C23H22BrN5S/c24-20-15-25-29-22(14-21(27-23(20)29)16-6-2-1-3-7-16)26-17-10-12-19(13-11-17)30-28-18-8-4-5-9-18/h1-3,6-7,10-15,18,26,28H,4-5,8-9H2. The molecule has 0 atom stereocenters. The van der Waals surface area contributed by atoms with Crippen molar-refractivity contribution in [2.45, 2.75) is 36.6 Å². The molecule has 2 aromatic heterocycles. The first kappa shape index (κ1) is 19.6. The number of benzene rings is 2. The highest BCUT2D eigenvalue weighted by Gasteiger charge is 2.15. The number of aromatic nitrogens is 3. The minimum Gasteiger partial charge on any atom is -0.340 e. The maximum Gasteiger partial charge on any atom is 0.172 e. The fraction of sp³-hybridized carbons (Fsp3) is 0.217. The molecule has 5 rings (SSSR count). The van der Waals surface area contributed by atoms with Crippen LogP contribution in [0.3, 0.4) is 0 Å². The summed E-state index contributed by atoms with van der Waals surface area (Å²) in [7, 11) is 0. The Morgan fingerprint density at radius 3 is 2.53 bits per heavy atom. The molecule has 4 aromatic rings. The maximum atomic E-state index is 4.79. The number of anilines is 2.